The van der Waals surface area contributed by atoms with Crippen molar-refractivity contribution in [2.24, 2.45) is 0 Å². The standard InChI is InChI=1S/C24H24N4O11S2/c1-4-38-23(31)15-9-13(2)10-16(12-15)39-21-19(28(32)33)20(26-24(27-21)41(3,36)37)25-18(22(29)30)11-14-5-7-17(8-6-14)40(34)35/h5-10,12,18,40H,4,11H2,1-3H3,(H,29,30)(H,25,26,27). The number of carboxylic acid groups (broad SMARTS) is 1. The van der Waals surface area contributed by atoms with Gasteiger partial charge in [-0.25, -0.2) is 26.4 Å². The van der Waals surface area contributed by atoms with Crippen LogP contribution in [0.2, 0.25) is 0 Å². The molecule has 2 N–H and O–H groups in total. The molecule has 218 valence electrons. The number of carbonyl (C=O) groups excluding carboxylic acids is 1. The predicted octanol–water partition coefficient (Wildman–Crippen LogP) is 2.14. The molecule has 41 heavy (non-hydrogen) atoms. The number of aromatic nitrogens is 2. The van der Waals surface area contributed by atoms with Gasteiger partial charge in [0, 0.05) is 12.7 Å². The number of rotatable bonds is 12. The average molecular weight is 609 g/mol. The predicted molar refractivity (Wildman–Crippen MR) is 143 cm³/mol. The minimum absolute atomic E-state index is 0.00290. The molecule has 0 aliphatic carbocycles. The Kier molecular flexibility index (Phi) is 9.56. The molecule has 17 heteroatoms. The number of hydrogen-bond acceptors (Lipinski definition) is 13. The third-order valence-corrected chi connectivity index (χ3v) is 6.88. The van der Waals surface area contributed by atoms with Gasteiger partial charge < -0.3 is 19.9 Å². The molecular formula is C24H24N4O11S2. The van der Waals surface area contributed by atoms with E-state index in [1.54, 1.807) is 13.8 Å². The molecule has 1 atom stereocenters. The molecule has 0 fully saturated rings. The zero-order valence-electron chi connectivity index (χ0n) is 21.8. The maximum Gasteiger partial charge on any atom is 0.373 e. The highest BCUT2D eigenvalue weighted by Gasteiger charge is 2.32. The van der Waals surface area contributed by atoms with Crippen molar-refractivity contribution in [2.45, 2.75) is 36.4 Å². The lowest BCUT2D eigenvalue weighted by atomic mass is 10.1. The largest absolute Gasteiger partial charge is 0.480 e. The first-order chi connectivity index (χ1) is 19.2. The van der Waals surface area contributed by atoms with Crippen LogP contribution in [-0.4, -0.2) is 67.7 Å². The average Bonchev–Trinajstić information content (AvgIpc) is 2.87. The van der Waals surface area contributed by atoms with Gasteiger partial charge in [-0.15, -0.1) is 0 Å². The Hall–Kier alpha value is -4.64. The normalized spacial score (nSPS) is 12.0. The first-order valence-corrected chi connectivity index (χ1v) is 14.7. The van der Waals surface area contributed by atoms with Gasteiger partial charge in [-0.3, -0.25) is 10.1 Å². The van der Waals surface area contributed by atoms with Crippen LogP contribution in [0.1, 0.15) is 28.4 Å². The molecule has 3 rings (SSSR count). The number of benzene rings is 2. The summed E-state index contributed by atoms with van der Waals surface area (Å²) >= 11 is 0. The number of hydrogen-bond donors (Lipinski definition) is 3. The van der Waals surface area contributed by atoms with Crippen LogP contribution in [0.4, 0.5) is 11.5 Å². The van der Waals surface area contributed by atoms with Gasteiger partial charge in [-0.1, -0.05) is 12.1 Å². The summed E-state index contributed by atoms with van der Waals surface area (Å²) in [6.07, 6.45) is 0.446. The van der Waals surface area contributed by atoms with Gasteiger partial charge in [0.25, 0.3) is 5.16 Å². The molecular weight excluding hydrogens is 584 g/mol. The maximum absolute atomic E-state index is 12.3. The van der Waals surface area contributed by atoms with Crippen molar-refractivity contribution < 1.29 is 45.9 Å². The number of carboxylic acids is 1. The highest BCUT2D eigenvalue weighted by atomic mass is 32.2. The summed E-state index contributed by atoms with van der Waals surface area (Å²) < 4.78 is 57.5. The van der Waals surface area contributed by atoms with E-state index in [-0.39, 0.29) is 29.2 Å². The second-order valence-electron chi connectivity index (χ2n) is 8.56. The minimum Gasteiger partial charge on any atom is -0.480 e. The van der Waals surface area contributed by atoms with Crippen LogP contribution in [0.5, 0.6) is 11.6 Å². The number of aryl methyl sites for hydroxylation is 1. The molecule has 0 aliphatic heterocycles. The van der Waals surface area contributed by atoms with Gasteiger partial charge in [0.15, 0.2) is 10.7 Å². The van der Waals surface area contributed by atoms with Crippen molar-refractivity contribution in [1.82, 2.24) is 9.97 Å². The third-order valence-electron chi connectivity index (χ3n) is 5.32. The summed E-state index contributed by atoms with van der Waals surface area (Å²) in [4.78, 5) is 42.8. The van der Waals surface area contributed by atoms with Crippen LogP contribution in [-0.2, 0) is 36.5 Å². The van der Waals surface area contributed by atoms with Crippen molar-refractivity contribution in [2.75, 3.05) is 18.2 Å². The van der Waals surface area contributed by atoms with E-state index >= 15 is 0 Å². The number of nitrogens with one attached hydrogen (secondary N) is 1. The summed E-state index contributed by atoms with van der Waals surface area (Å²) in [5.41, 5.74) is -0.0593. The molecule has 0 aliphatic rings. The van der Waals surface area contributed by atoms with Crippen molar-refractivity contribution in [3.8, 4) is 11.6 Å². The van der Waals surface area contributed by atoms with E-state index in [1.807, 2.05) is 0 Å². The molecule has 0 saturated carbocycles. The van der Waals surface area contributed by atoms with Crippen molar-refractivity contribution >= 4 is 44.0 Å². The van der Waals surface area contributed by atoms with Gasteiger partial charge >= 0.3 is 23.5 Å². The Morgan fingerprint density at radius 3 is 2.34 bits per heavy atom. The summed E-state index contributed by atoms with van der Waals surface area (Å²) in [6, 6.07) is 7.76. The highest BCUT2D eigenvalue weighted by molar-refractivity contribution is 7.90. The number of aliphatic carboxylic acids is 1. The van der Waals surface area contributed by atoms with E-state index in [1.165, 1.54) is 42.5 Å². The fourth-order valence-electron chi connectivity index (χ4n) is 3.52. The lowest BCUT2D eigenvalue weighted by Crippen LogP contribution is -2.32. The lowest BCUT2D eigenvalue weighted by molar-refractivity contribution is -0.385. The number of thiol groups is 1. The van der Waals surface area contributed by atoms with Crippen LogP contribution >= 0.6 is 0 Å². The number of esters is 1. The Balaban J connectivity index is 2.10. The number of anilines is 1. The van der Waals surface area contributed by atoms with Gasteiger partial charge in [-0.2, -0.15) is 9.97 Å². The van der Waals surface area contributed by atoms with Gasteiger partial charge in [0.1, 0.15) is 11.8 Å². The van der Waals surface area contributed by atoms with Gasteiger partial charge in [-0.05, 0) is 55.3 Å². The van der Waals surface area contributed by atoms with E-state index in [2.05, 4.69) is 15.3 Å². The zero-order chi connectivity index (χ0) is 30.5. The van der Waals surface area contributed by atoms with Gasteiger partial charge in [0.05, 0.1) is 22.0 Å². The smallest absolute Gasteiger partial charge is 0.373 e. The molecule has 15 nitrogen and oxygen atoms in total. The van der Waals surface area contributed by atoms with Crippen LogP contribution in [0.3, 0.4) is 0 Å². The number of sulfone groups is 1. The maximum atomic E-state index is 12.3. The highest BCUT2D eigenvalue weighted by Crippen LogP contribution is 2.37. The molecule has 0 amide bonds. The third kappa shape index (κ3) is 7.95. The van der Waals surface area contributed by atoms with E-state index in [4.69, 9.17) is 9.47 Å². The van der Waals surface area contributed by atoms with E-state index in [0.717, 1.165) is 6.26 Å². The number of carbonyl (C=O) groups is 2. The Bertz CT molecular complexity index is 1680. The summed E-state index contributed by atoms with van der Waals surface area (Å²) in [6.45, 7) is 3.30. The van der Waals surface area contributed by atoms with Gasteiger partial charge in [0.2, 0.25) is 15.7 Å². The fourth-order valence-corrected chi connectivity index (χ4v) is 4.42. The van der Waals surface area contributed by atoms with E-state index < -0.39 is 66.0 Å². The van der Waals surface area contributed by atoms with Crippen molar-refractivity contribution in [1.29, 1.82) is 0 Å². The second kappa shape index (κ2) is 12.7. The van der Waals surface area contributed by atoms with Crippen LogP contribution in [0, 0.1) is 17.0 Å². The monoisotopic (exact) mass is 608 g/mol. The lowest BCUT2D eigenvalue weighted by Gasteiger charge is -2.17. The molecule has 0 bridgehead atoms. The van der Waals surface area contributed by atoms with Crippen molar-refractivity contribution in [3.05, 3.63) is 69.3 Å². The summed E-state index contributed by atoms with van der Waals surface area (Å²) in [7, 11) is -7.05. The number of nitrogens with zero attached hydrogens (tertiary/aromatic N) is 3. The summed E-state index contributed by atoms with van der Waals surface area (Å²) in [5, 5.41) is 23.4. The Morgan fingerprint density at radius 2 is 1.80 bits per heavy atom. The van der Waals surface area contributed by atoms with E-state index in [9.17, 15) is 41.6 Å². The molecule has 0 radical (unpaired) electrons. The fraction of sp³-hybridized carbons (Fsp3) is 0.250. The SMILES string of the molecule is CCOC(=O)c1cc(C)cc(Oc2nc(S(C)(=O)=O)nc(NC(Cc3ccc([SH](=O)=O)cc3)C(=O)O)c2[N+](=O)[O-])c1. The Labute approximate surface area is 235 Å². The topological polar surface area (TPSA) is 222 Å². The molecule has 1 aromatic heterocycles. The first kappa shape index (κ1) is 30.9. The molecule has 2 aromatic carbocycles. The molecule has 1 heterocycles. The second-order valence-corrected chi connectivity index (χ2v) is 11.5. The van der Waals surface area contributed by atoms with Crippen LogP contribution < -0.4 is 10.1 Å². The molecule has 3 aromatic rings. The number of ether oxygens (including phenoxy) is 2. The quantitative estimate of drug-likeness (QED) is 0.0881. The zero-order valence-corrected chi connectivity index (χ0v) is 23.5. The van der Waals surface area contributed by atoms with Crippen LogP contribution in [0.25, 0.3) is 0 Å². The van der Waals surface area contributed by atoms with Crippen molar-refractivity contribution in [3.63, 3.8) is 0 Å². The summed E-state index contributed by atoms with van der Waals surface area (Å²) in [5.74, 6) is -3.88. The number of nitro groups is 1. The molecule has 1 unspecified atom stereocenters. The molecule has 0 spiro atoms. The first-order valence-electron chi connectivity index (χ1n) is 11.7. The van der Waals surface area contributed by atoms with E-state index in [0.29, 0.717) is 11.1 Å². The molecule has 0 saturated heterocycles. The Morgan fingerprint density at radius 1 is 1.15 bits per heavy atom. The minimum atomic E-state index is -4.19. The van der Waals surface area contributed by atoms with Crippen LogP contribution in [0.15, 0.2) is 52.5 Å².